The highest BCUT2D eigenvalue weighted by atomic mass is 32.2. The summed E-state index contributed by atoms with van der Waals surface area (Å²) in [4.78, 5) is 32.9. The Morgan fingerprint density at radius 1 is 1.28 bits per heavy atom. The van der Waals surface area contributed by atoms with Gasteiger partial charge >= 0.3 is 0 Å². The molecule has 1 aliphatic carbocycles. The van der Waals surface area contributed by atoms with E-state index in [4.69, 9.17) is 4.42 Å². The number of carbonyl (C=O) groups excluding carboxylic acids is 1. The Morgan fingerprint density at radius 3 is 3.00 bits per heavy atom. The molecule has 32 heavy (non-hydrogen) atoms. The van der Waals surface area contributed by atoms with Crippen molar-refractivity contribution in [3.05, 3.63) is 69.2 Å². The van der Waals surface area contributed by atoms with Crippen LogP contribution < -0.4 is 11.0 Å². The van der Waals surface area contributed by atoms with Crippen LogP contribution in [0.25, 0.3) is 21.3 Å². The van der Waals surface area contributed by atoms with Crippen molar-refractivity contribution in [3.63, 3.8) is 0 Å². The van der Waals surface area contributed by atoms with Crippen molar-refractivity contribution in [2.24, 2.45) is 5.10 Å². The molecule has 0 aliphatic heterocycles. The van der Waals surface area contributed by atoms with E-state index in [1.807, 2.05) is 5.38 Å². The standard InChI is InChI=1S/C23H20N4O3S2/c28-19(27-24-11-17-6-3-9-30-17)13-32-23-25-21(29)20-18(12-31-22(20)26-23)16-8-7-14-4-1-2-5-15(14)10-16/h3,6-12H,1-2,4-5,13H2,(H,27,28)(H,25,26,29)/b24-11+. The summed E-state index contributed by atoms with van der Waals surface area (Å²) >= 11 is 2.60. The lowest BCUT2D eigenvalue weighted by Crippen LogP contribution is -2.20. The van der Waals surface area contributed by atoms with Gasteiger partial charge in [0.05, 0.1) is 23.6 Å². The first-order chi connectivity index (χ1) is 15.7. The van der Waals surface area contributed by atoms with E-state index < -0.39 is 0 Å². The molecule has 1 aliphatic rings. The number of aromatic nitrogens is 2. The van der Waals surface area contributed by atoms with Crippen LogP contribution >= 0.6 is 23.1 Å². The number of carbonyl (C=O) groups is 1. The Kier molecular flexibility index (Phi) is 5.91. The predicted molar refractivity (Wildman–Crippen MR) is 127 cm³/mol. The van der Waals surface area contributed by atoms with Crippen LogP contribution in [0.1, 0.15) is 29.7 Å². The molecule has 7 nitrogen and oxygen atoms in total. The first-order valence-corrected chi connectivity index (χ1v) is 12.2. The van der Waals surface area contributed by atoms with E-state index >= 15 is 0 Å². The summed E-state index contributed by atoms with van der Waals surface area (Å²) in [5.74, 6) is 0.316. The van der Waals surface area contributed by atoms with E-state index in [0.29, 0.717) is 21.1 Å². The molecule has 0 bridgehead atoms. The Morgan fingerprint density at radius 2 is 2.16 bits per heavy atom. The smallest absolute Gasteiger partial charge is 0.260 e. The summed E-state index contributed by atoms with van der Waals surface area (Å²) in [6, 6.07) is 9.96. The number of hydrogen-bond donors (Lipinski definition) is 2. The average molecular weight is 465 g/mol. The number of amides is 1. The Labute approximate surface area is 192 Å². The van der Waals surface area contributed by atoms with Crippen LogP contribution in [0.4, 0.5) is 0 Å². The second kappa shape index (κ2) is 9.13. The van der Waals surface area contributed by atoms with E-state index in [0.717, 1.165) is 35.7 Å². The van der Waals surface area contributed by atoms with E-state index in [-0.39, 0.29) is 17.2 Å². The highest BCUT2D eigenvalue weighted by Gasteiger charge is 2.16. The number of nitrogens with one attached hydrogen (secondary N) is 2. The zero-order valence-electron chi connectivity index (χ0n) is 17.1. The molecule has 5 rings (SSSR count). The van der Waals surface area contributed by atoms with Crippen LogP contribution in [0.5, 0.6) is 0 Å². The number of nitrogens with zero attached hydrogens (tertiary/aromatic N) is 2. The minimum atomic E-state index is -0.304. The summed E-state index contributed by atoms with van der Waals surface area (Å²) in [6.07, 6.45) is 7.62. The van der Waals surface area contributed by atoms with Crippen molar-refractivity contribution in [1.82, 2.24) is 15.4 Å². The van der Waals surface area contributed by atoms with Crippen LogP contribution in [0.2, 0.25) is 0 Å². The first-order valence-electron chi connectivity index (χ1n) is 10.3. The Bertz CT molecular complexity index is 1360. The van der Waals surface area contributed by atoms with E-state index in [1.54, 1.807) is 12.1 Å². The van der Waals surface area contributed by atoms with Gasteiger partial charge in [0.2, 0.25) is 0 Å². The van der Waals surface area contributed by atoms with Gasteiger partial charge in [-0.1, -0.05) is 30.0 Å². The van der Waals surface area contributed by atoms with Gasteiger partial charge in [-0.25, -0.2) is 10.4 Å². The van der Waals surface area contributed by atoms with Gasteiger partial charge in [0.15, 0.2) is 5.16 Å². The number of hydrazone groups is 1. The topological polar surface area (TPSA) is 100 Å². The second-order valence-corrected chi connectivity index (χ2v) is 9.31. The number of furan rings is 1. The van der Waals surface area contributed by atoms with Crippen molar-refractivity contribution in [3.8, 4) is 11.1 Å². The van der Waals surface area contributed by atoms with Gasteiger partial charge in [0.25, 0.3) is 11.5 Å². The number of thioether (sulfide) groups is 1. The van der Waals surface area contributed by atoms with E-state index in [9.17, 15) is 9.59 Å². The largest absolute Gasteiger partial charge is 0.463 e. The number of hydrogen-bond acceptors (Lipinski definition) is 7. The monoisotopic (exact) mass is 464 g/mol. The number of rotatable bonds is 6. The minimum Gasteiger partial charge on any atom is -0.463 e. The van der Waals surface area contributed by atoms with Gasteiger partial charge in [-0.05, 0) is 54.5 Å². The normalized spacial score (nSPS) is 13.5. The molecule has 0 saturated heterocycles. The maximum Gasteiger partial charge on any atom is 0.260 e. The number of aryl methyl sites for hydroxylation is 2. The SMILES string of the molecule is O=C(CSc1nc2scc(-c3ccc4c(c3)CCCC4)c2c(=O)[nH]1)N/N=C/c1ccco1. The van der Waals surface area contributed by atoms with Gasteiger partial charge in [-0.3, -0.25) is 9.59 Å². The fourth-order valence-electron chi connectivity index (χ4n) is 3.81. The van der Waals surface area contributed by atoms with Crippen LogP contribution in [-0.2, 0) is 17.6 Å². The number of benzene rings is 1. The third-order valence-corrected chi connectivity index (χ3v) is 7.09. The number of fused-ring (bicyclic) bond motifs is 2. The quantitative estimate of drug-likeness (QED) is 0.191. The van der Waals surface area contributed by atoms with Gasteiger partial charge in [0.1, 0.15) is 10.6 Å². The summed E-state index contributed by atoms with van der Waals surface area (Å²) < 4.78 is 5.11. The fourth-order valence-corrected chi connectivity index (χ4v) is 5.47. The molecule has 1 aromatic carbocycles. The molecule has 0 fully saturated rings. The van der Waals surface area contributed by atoms with Crippen molar-refractivity contribution in [1.29, 1.82) is 0 Å². The number of thiophene rings is 1. The third kappa shape index (κ3) is 4.39. The van der Waals surface area contributed by atoms with Gasteiger partial charge in [-0.2, -0.15) is 5.10 Å². The summed E-state index contributed by atoms with van der Waals surface area (Å²) in [5, 5.41) is 6.84. The molecular formula is C23H20N4O3S2. The highest BCUT2D eigenvalue weighted by molar-refractivity contribution is 7.99. The first kappa shape index (κ1) is 20.7. The van der Waals surface area contributed by atoms with Crippen LogP contribution in [-0.4, -0.2) is 27.8 Å². The molecule has 0 spiro atoms. The van der Waals surface area contributed by atoms with Crippen LogP contribution in [0.3, 0.4) is 0 Å². The van der Waals surface area contributed by atoms with E-state index in [2.05, 4.69) is 38.7 Å². The van der Waals surface area contributed by atoms with Crippen molar-refractivity contribution in [2.75, 3.05) is 5.75 Å². The molecule has 0 unspecified atom stereocenters. The molecule has 0 saturated carbocycles. The van der Waals surface area contributed by atoms with Crippen LogP contribution in [0.15, 0.2) is 61.4 Å². The fraction of sp³-hybridized carbons (Fsp3) is 0.217. The molecule has 3 heterocycles. The summed E-state index contributed by atoms with van der Waals surface area (Å²) in [7, 11) is 0. The third-order valence-electron chi connectivity index (χ3n) is 5.35. The van der Waals surface area contributed by atoms with Crippen molar-refractivity contribution < 1.29 is 9.21 Å². The van der Waals surface area contributed by atoms with E-state index in [1.165, 1.54) is 47.8 Å². The molecule has 2 N–H and O–H groups in total. The second-order valence-electron chi connectivity index (χ2n) is 7.49. The molecule has 0 radical (unpaired) electrons. The lowest BCUT2D eigenvalue weighted by atomic mass is 9.89. The van der Waals surface area contributed by atoms with Gasteiger partial charge < -0.3 is 9.40 Å². The molecule has 4 aromatic rings. The minimum absolute atomic E-state index is 0.0764. The van der Waals surface area contributed by atoms with Gasteiger partial charge in [0, 0.05) is 10.9 Å². The zero-order valence-corrected chi connectivity index (χ0v) is 18.7. The Balaban J connectivity index is 1.31. The average Bonchev–Trinajstić information content (AvgIpc) is 3.48. The molecule has 0 atom stereocenters. The van der Waals surface area contributed by atoms with Crippen LogP contribution in [0, 0.1) is 0 Å². The number of aromatic amines is 1. The summed E-state index contributed by atoms with van der Waals surface area (Å²) in [5.41, 5.74) is 6.99. The molecule has 9 heteroatoms. The highest BCUT2D eigenvalue weighted by Crippen LogP contribution is 2.34. The lowest BCUT2D eigenvalue weighted by molar-refractivity contribution is -0.118. The summed E-state index contributed by atoms with van der Waals surface area (Å²) in [6.45, 7) is 0. The number of H-pyrrole nitrogens is 1. The maximum absolute atomic E-state index is 12.9. The van der Waals surface area contributed by atoms with Crippen molar-refractivity contribution >= 4 is 45.4 Å². The zero-order chi connectivity index (χ0) is 21.9. The molecular weight excluding hydrogens is 444 g/mol. The molecule has 3 aromatic heterocycles. The maximum atomic E-state index is 12.9. The van der Waals surface area contributed by atoms with Gasteiger partial charge in [-0.15, -0.1) is 11.3 Å². The predicted octanol–water partition coefficient (Wildman–Crippen LogP) is 4.37. The molecule has 1 amide bonds. The molecule has 162 valence electrons. The lowest BCUT2D eigenvalue weighted by Gasteiger charge is -2.16. The van der Waals surface area contributed by atoms with Crippen molar-refractivity contribution in [2.45, 2.75) is 30.8 Å². The Hall–Kier alpha value is -3.17.